The van der Waals surface area contributed by atoms with E-state index < -0.39 is 67.3 Å². The van der Waals surface area contributed by atoms with Crippen LogP contribution in [0.15, 0.2) is 109 Å². The lowest BCUT2D eigenvalue weighted by atomic mass is 9.98. The first kappa shape index (κ1) is 66.4. The number of carboxylic acid groups (broad SMARTS) is 1. The summed E-state index contributed by atoms with van der Waals surface area (Å²) in [5.74, 6) is -3.27. The van der Waals surface area contributed by atoms with Gasteiger partial charge in [0.2, 0.25) is 0 Å². The first-order chi connectivity index (χ1) is 35.6. The molecular formula is C61H96O12. The normalized spacial score (nSPS) is 19.2. The molecule has 1 fully saturated rings. The second-order valence-electron chi connectivity index (χ2n) is 18.4. The van der Waals surface area contributed by atoms with Crippen LogP contribution in [0.5, 0.6) is 0 Å². The second-order valence-corrected chi connectivity index (χ2v) is 18.4. The van der Waals surface area contributed by atoms with Crippen molar-refractivity contribution in [2.45, 2.75) is 237 Å². The van der Waals surface area contributed by atoms with Crippen LogP contribution in [0, 0.1) is 0 Å². The zero-order chi connectivity index (χ0) is 53.3. The minimum Gasteiger partial charge on any atom is -0.479 e. The summed E-state index contributed by atoms with van der Waals surface area (Å²) in [5, 5.41) is 31.4. The Hall–Kier alpha value is -4.62. The van der Waals surface area contributed by atoms with E-state index in [1.807, 2.05) is 18.2 Å². The van der Waals surface area contributed by atoms with E-state index in [0.29, 0.717) is 25.7 Å². The lowest BCUT2D eigenvalue weighted by Gasteiger charge is -2.40. The average Bonchev–Trinajstić information content (AvgIpc) is 3.37. The summed E-state index contributed by atoms with van der Waals surface area (Å²) >= 11 is 0. The van der Waals surface area contributed by atoms with Crippen molar-refractivity contribution < 1.29 is 58.2 Å². The topological polar surface area (TPSA) is 175 Å². The van der Waals surface area contributed by atoms with Crippen molar-refractivity contribution in [2.75, 3.05) is 13.2 Å². The van der Waals surface area contributed by atoms with E-state index in [4.69, 9.17) is 23.7 Å². The molecule has 6 atom stereocenters. The standard InChI is InChI=1S/C61H96O12/c1-4-7-10-13-16-19-22-24-25-26-27-28-29-31-33-35-38-41-44-47-53(62)69-50-52(71-54(63)48-45-42-39-36-32-21-18-15-12-9-6-3)51-70-61-59(57(66)56(65)58(73-61)60(67)68)72-55(64)49-46-43-40-37-34-30-23-20-17-14-11-8-5-2/h7-8,10-11,15-20,24-25,27-28,30,34,40,43,52,56-59,61,65-66H,4-6,9,12-14,21-23,26,29,31-33,35-39,41-42,44-51H2,1-3H3,(H,67,68)/b10-7-,11-8-,18-15-,19-16-,20-17-,25-24-,28-27-,34-30-,43-40-. The number of unbranched alkanes of at least 4 members (excludes halogenated alkanes) is 13. The van der Waals surface area contributed by atoms with E-state index in [-0.39, 0.29) is 25.9 Å². The Morgan fingerprint density at radius 3 is 1.38 bits per heavy atom. The molecule has 6 unspecified atom stereocenters. The number of carbonyl (C=O) groups excluding carboxylic acids is 3. The number of aliphatic hydroxyl groups is 2. The highest BCUT2D eigenvalue weighted by Gasteiger charge is 2.50. The molecule has 1 rings (SSSR count). The van der Waals surface area contributed by atoms with Gasteiger partial charge in [0.1, 0.15) is 18.8 Å². The van der Waals surface area contributed by atoms with Crippen LogP contribution in [0.1, 0.15) is 201 Å². The molecule has 0 aromatic rings. The number of esters is 3. The van der Waals surface area contributed by atoms with Gasteiger partial charge in [-0.15, -0.1) is 0 Å². The van der Waals surface area contributed by atoms with E-state index in [1.54, 1.807) is 0 Å². The van der Waals surface area contributed by atoms with Crippen LogP contribution in [0.25, 0.3) is 0 Å². The van der Waals surface area contributed by atoms with E-state index >= 15 is 0 Å². The first-order valence-electron chi connectivity index (χ1n) is 27.9. The van der Waals surface area contributed by atoms with Crippen LogP contribution < -0.4 is 0 Å². The van der Waals surface area contributed by atoms with Gasteiger partial charge in [-0.25, -0.2) is 4.79 Å². The number of ether oxygens (including phenoxy) is 5. The zero-order valence-electron chi connectivity index (χ0n) is 45.1. The molecule has 0 bridgehead atoms. The highest BCUT2D eigenvalue weighted by molar-refractivity contribution is 5.74. The molecule has 1 aliphatic heterocycles. The summed E-state index contributed by atoms with van der Waals surface area (Å²) < 4.78 is 28.2. The van der Waals surface area contributed by atoms with E-state index in [2.05, 4.69) is 112 Å². The fraction of sp³-hybridized carbons (Fsp3) is 0.639. The number of hydrogen-bond donors (Lipinski definition) is 3. The number of hydrogen-bond acceptors (Lipinski definition) is 11. The molecule has 12 nitrogen and oxygen atoms in total. The molecular weight excluding hydrogens is 925 g/mol. The van der Waals surface area contributed by atoms with Crippen molar-refractivity contribution in [1.82, 2.24) is 0 Å². The Morgan fingerprint density at radius 2 is 0.890 bits per heavy atom. The SMILES string of the molecule is CC/C=C\C/C=C\C/C=C\C/C=C\CCCCCCCCC(=O)OCC(COC1OC(C(=O)O)C(O)C(O)C1OC(=O)CC/C=C\C/C=C\C/C=C\C/C=C\CC)OC(=O)CCCCCCC/C=C\CCCC. The summed E-state index contributed by atoms with van der Waals surface area (Å²) in [5.41, 5.74) is 0. The highest BCUT2D eigenvalue weighted by atomic mass is 16.7. The van der Waals surface area contributed by atoms with Crippen molar-refractivity contribution in [3.63, 3.8) is 0 Å². The van der Waals surface area contributed by atoms with Crippen molar-refractivity contribution >= 4 is 23.9 Å². The lowest BCUT2D eigenvalue weighted by Crippen LogP contribution is -2.61. The fourth-order valence-corrected chi connectivity index (χ4v) is 7.59. The Bertz CT molecular complexity index is 1690. The molecule has 73 heavy (non-hydrogen) atoms. The van der Waals surface area contributed by atoms with Gasteiger partial charge in [0.15, 0.2) is 24.6 Å². The largest absolute Gasteiger partial charge is 0.479 e. The molecule has 3 N–H and O–H groups in total. The van der Waals surface area contributed by atoms with E-state index in [1.165, 1.54) is 12.8 Å². The summed E-state index contributed by atoms with van der Waals surface area (Å²) in [4.78, 5) is 50.9. The molecule has 412 valence electrons. The smallest absolute Gasteiger partial charge is 0.335 e. The lowest BCUT2D eigenvalue weighted by molar-refractivity contribution is -0.301. The Kier molecular flexibility index (Phi) is 44.0. The Balaban J connectivity index is 2.73. The van der Waals surface area contributed by atoms with Gasteiger partial charge in [0, 0.05) is 19.3 Å². The van der Waals surface area contributed by atoms with Gasteiger partial charge in [-0.2, -0.15) is 0 Å². The van der Waals surface area contributed by atoms with Crippen molar-refractivity contribution in [1.29, 1.82) is 0 Å². The quantitative estimate of drug-likeness (QED) is 0.0228. The minimum absolute atomic E-state index is 0.0679. The van der Waals surface area contributed by atoms with Gasteiger partial charge >= 0.3 is 23.9 Å². The average molecular weight is 1020 g/mol. The molecule has 0 aromatic carbocycles. The van der Waals surface area contributed by atoms with Crippen LogP contribution in [-0.2, 0) is 42.9 Å². The third-order valence-electron chi connectivity index (χ3n) is 11.8. The molecule has 1 saturated heterocycles. The van der Waals surface area contributed by atoms with Gasteiger partial charge in [0.05, 0.1) is 6.61 Å². The van der Waals surface area contributed by atoms with Crippen LogP contribution in [0.2, 0.25) is 0 Å². The Morgan fingerprint density at radius 1 is 0.466 bits per heavy atom. The molecule has 0 aliphatic carbocycles. The predicted octanol–water partition coefficient (Wildman–Crippen LogP) is 13.9. The maximum Gasteiger partial charge on any atom is 0.335 e. The van der Waals surface area contributed by atoms with Crippen molar-refractivity contribution in [3.05, 3.63) is 109 Å². The van der Waals surface area contributed by atoms with Crippen LogP contribution in [0.4, 0.5) is 0 Å². The van der Waals surface area contributed by atoms with Gasteiger partial charge in [-0.1, -0.05) is 188 Å². The summed E-state index contributed by atoms with van der Waals surface area (Å²) in [6.45, 7) is 5.64. The number of carbonyl (C=O) groups is 4. The minimum atomic E-state index is -1.93. The number of rotatable bonds is 45. The third-order valence-corrected chi connectivity index (χ3v) is 11.8. The molecule has 0 saturated carbocycles. The van der Waals surface area contributed by atoms with Gasteiger partial charge in [-0.3, -0.25) is 14.4 Å². The number of carboxylic acids is 1. The molecule has 0 amide bonds. The van der Waals surface area contributed by atoms with Crippen molar-refractivity contribution in [3.8, 4) is 0 Å². The highest BCUT2D eigenvalue weighted by Crippen LogP contribution is 2.26. The number of aliphatic hydroxyl groups excluding tert-OH is 2. The summed E-state index contributed by atoms with van der Waals surface area (Å²) in [6, 6.07) is 0. The van der Waals surface area contributed by atoms with Crippen molar-refractivity contribution in [2.24, 2.45) is 0 Å². The van der Waals surface area contributed by atoms with Gasteiger partial charge < -0.3 is 39.0 Å². The maximum atomic E-state index is 13.1. The first-order valence-corrected chi connectivity index (χ1v) is 27.9. The van der Waals surface area contributed by atoms with E-state index in [9.17, 15) is 34.5 Å². The molecule has 1 heterocycles. The van der Waals surface area contributed by atoms with Gasteiger partial charge in [-0.05, 0) is 103 Å². The molecule has 0 aromatic heterocycles. The molecule has 0 spiro atoms. The van der Waals surface area contributed by atoms with Crippen LogP contribution >= 0.6 is 0 Å². The number of aliphatic carboxylic acids is 1. The second kappa shape index (κ2) is 48.3. The third kappa shape index (κ3) is 38.6. The maximum absolute atomic E-state index is 13.1. The Labute approximate surface area is 440 Å². The zero-order valence-corrected chi connectivity index (χ0v) is 45.1. The van der Waals surface area contributed by atoms with E-state index in [0.717, 1.165) is 122 Å². The van der Waals surface area contributed by atoms with Crippen LogP contribution in [0.3, 0.4) is 0 Å². The van der Waals surface area contributed by atoms with Crippen LogP contribution in [-0.4, -0.2) is 89.2 Å². The number of allylic oxidation sites excluding steroid dienone is 18. The molecule has 12 heteroatoms. The monoisotopic (exact) mass is 1020 g/mol. The molecule has 0 radical (unpaired) electrons. The predicted molar refractivity (Wildman–Crippen MR) is 294 cm³/mol. The van der Waals surface area contributed by atoms with Gasteiger partial charge in [0.25, 0.3) is 0 Å². The summed E-state index contributed by atoms with van der Waals surface area (Å²) in [7, 11) is 0. The fourth-order valence-electron chi connectivity index (χ4n) is 7.59. The summed E-state index contributed by atoms with van der Waals surface area (Å²) in [6.07, 6.45) is 52.3. The molecule has 1 aliphatic rings.